The normalized spacial score (nSPS) is 10.5. The topological polar surface area (TPSA) is 74.8 Å². The molecule has 0 bridgehead atoms. The minimum absolute atomic E-state index is 0.221. The van der Waals surface area contributed by atoms with Crippen molar-refractivity contribution in [2.24, 2.45) is 0 Å². The standard InChI is InChI=1S/C13H9N3O2S/c17-11-9-4-2-1-3-8(9)7-10(15-11)12(18)16-13-14-5-6-19-13/h1-7H,(H,15,17)(H,14,16,18). The molecule has 2 heterocycles. The summed E-state index contributed by atoms with van der Waals surface area (Å²) in [5, 5.41) is 6.19. The molecular formula is C13H9N3O2S. The van der Waals surface area contributed by atoms with Crippen LogP contribution < -0.4 is 10.9 Å². The van der Waals surface area contributed by atoms with Gasteiger partial charge in [0.05, 0.1) is 0 Å². The summed E-state index contributed by atoms with van der Waals surface area (Å²) in [6.45, 7) is 0. The van der Waals surface area contributed by atoms with Crippen LogP contribution in [0, 0.1) is 0 Å². The van der Waals surface area contributed by atoms with E-state index in [-0.39, 0.29) is 17.2 Å². The lowest BCUT2D eigenvalue weighted by Crippen LogP contribution is -2.18. The summed E-state index contributed by atoms with van der Waals surface area (Å²) in [6.07, 6.45) is 1.60. The van der Waals surface area contributed by atoms with Gasteiger partial charge < -0.3 is 4.98 Å². The lowest BCUT2D eigenvalue weighted by Gasteiger charge is -2.03. The van der Waals surface area contributed by atoms with Gasteiger partial charge in [-0.15, -0.1) is 11.3 Å². The summed E-state index contributed by atoms with van der Waals surface area (Å²) < 4.78 is 0. The molecule has 0 radical (unpaired) electrons. The molecule has 0 aliphatic carbocycles. The number of carbonyl (C=O) groups excluding carboxylic acids is 1. The molecular weight excluding hydrogens is 262 g/mol. The lowest BCUT2D eigenvalue weighted by atomic mass is 10.1. The molecule has 0 aliphatic heterocycles. The Morgan fingerprint density at radius 1 is 1.32 bits per heavy atom. The summed E-state index contributed by atoms with van der Waals surface area (Å²) in [5.74, 6) is -0.377. The van der Waals surface area contributed by atoms with Crippen LogP contribution in [0.2, 0.25) is 0 Å². The van der Waals surface area contributed by atoms with E-state index in [9.17, 15) is 9.59 Å². The van der Waals surface area contributed by atoms with Gasteiger partial charge in [-0.1, -0.05) is 18.2 Å². The lowest BCUT2D eigenvalue weighted by molar-refractivity contribution is 0.102. The molecule has 3 aromatic rings. The van der Waals surface area contributed by atoms with Gasteiger partial charge in [-0.25, -0.2) is 4.98 Å². The molecule has 0 atom stereocenters. The Morgan fingerprint density at radius 2 is 2.16 bits per heavy atom. The largest absolute Gasteiger partial charge is 0.317 e. The van der Waals surface area contributed by atoms with Crippen LogP contribution in [0.15, 0.2) is 46.7 Å². The summed E-state index contributed by atoms with van der Waals surface area (Å²) in [4.78, 5) is 30.4. The monoisotopic (exact) mass is 271 g/mol. The van der Waals surface area contributed by atoms with Crippen LogP contribution in [-0.2, 0) is 0 Å². The fourth-order valence-electron chi connectivity index (χ4n) is 1.78. The van der Waals surface area contributed by atoms with Gasteiger partial charge in [-0.3, -0.25) is 14.9 Å². The molecule has 6 heteroatoms. The minimum Gasteiger partial charge on any atom is -0.317 e. The van der Waals surface area contributed by atoms with E-state index in [1.807, 2.05) is 6.07 Å². The number of benzene rings is 1. The average Bonchev–Trinajstić information content (AvgIpc) is 2.91. The fourth-order valence-corrected chi connectivity index (χ4v) is 2.31. The second-order valence-electron chi connectivity index (χ2n) is 3.89. The van der Waals surface area contributed by atoms with Crippen molar-refractivity contribution in [1.29, 1.82) is 0 Å². The molecule has 5 nitrogen and oxygen atoms in total. The van der Waals surface area contributed by atoms with Crippen molar-refractivity contribution < 1.29 is 4.79 Å². The maximum absolute atomic E-state index is 12.0. The number of fused-ring (bicyclic) bond motifs is 1. The number of thiazole rings is 1. The van der Waals surface area contributed by atoms with Crippen LogP contribution in [0.25, 0.3) is 10.8 Å². The molecule has 0 saturated heterocycles. The second kappa shape index (κ2) is 4.66. The molecule has 0 fully saturated rings. The first-order valence-corrected chi connectivity index (χ1v) is 6.45. The Balaban J connectivity index is 2.01. The van der Waals surface area contributed by atoms with Crippen molar-refractivity contribution in [3.05, 3.63) is 58.0 Å². The van der Waals surface area contributed by atoms with Crippen LogP contribution in [0.3, 0.4) is 0 Å². The van der Waals surface area contributed by atoms with Gasteiger partial charge in [-0.05, 0) is 17.5 Å². The molecule has 1 aromatic carbocycles. The van der Waals surface area contributed by atoms with Gasteiger partial charge in [0.1, 0.15) is 5.69 Å². The minimum atomic E-state index is -0.377. The zero-order valence-corrected chi connectivity index (χ0v) is 10.5. The van der Waals surface area contributed by atoms with Crippen molar-refractivity contribution in [2.45, 2.75) is 0 Å². The Morgan fingerprint density at radius 3 is 2.95 bits per heavy atom. The van der Waals surface area contributed by atoms with Crippen molar-refractivity contribution >= 4 is 33.1 Å². The van der Waals surface area contributed by atoms with E-state index < -0.39 is 0 Å². The molecule has 1 amide bonds. The molecule has 0 spiro atoms. The average molecular weight is 271 g/mol. The molecule has 0 saturated carbocycles. The predicted molar refractivity (Wildman–Crippen MR) is 74.6 cm³/mol. The highest BCUT2D eigenvalue weighted by molar-refractivity contribution is 7.13. The number of carbonyl (C=O) groups is 1. The maximum atomic E-state index is 12.0. The number of hydrogen-bond donors (Lipinski definition) is 2. The van der Waals surface area contributed by atoms with E-state index in [1.54, 1.807) is 35.8 Å². The predicted octanol–water partition coefficient (Wildman–Crippen LogP) is 2.24. The van der Waals surface area contributed by atoms with E-state index in [4.69, 9.17) is 0 Å². The van der Waals surface area contributed by atoms with Crippen molar-refractivity contribution in [3.8, 4) is 0 Å². The Hall–Kier alpha value is -2.47. The Labute approximate surface area is 111 Å². The van der Waals surface area contributed by atoms with Gasteiger partial charge >= 0.3 is 0 Å². The van der Waals surface area contributed by atoms with Gasteiger partial charge in [0, 0.05) is 17.0 Å². The van der Waals surface area contributed by atoms with Crippen LogP contribution >= 0.6 is 11.3 Å². The SMILES string of the molecule is O=C(Nc1nccs1)c1cc2ccccc2c(=O)[nH]1. The van der Waals surface area contributed by atoms with Crippen LogP contribution in [-0.4, -0.2) is 15.9 Å². The Bertz CT molecular complexity index is 793. The van der Waals surface area contributed by atoms with Crippen molar-refractivity contribution in [2.75, 3.05) is 5.32 Å². The number of amides is 1. The molecule has 19 heavy (non-hydrogen) atoms. The summed E-state index contributed by atoms with van der Waals surface area (Å²) in [6, 6.07) is 8.78. The van der Waals surface area contributed by atoms with Gasteiger partial charge in [-0.2, -0.15) is 0 Å². The first-order chi connectivity index (χ1) is 9.24. The number of rotatable bonds is 2. The quantitative estimate of drug-likeness (QED) is 0.750. The molecule has 0 unspecified atom stereocenters. The summed E-state index contributed by atoms with van der Waals surface area (Å²) in [5.41, 5.74) is -0.0544. The van der Waals surface area contributed by atoms with Gasteiger partial charge in [0.2, 0.25) is 0 Å². The summed E-state index contributed by atoms with van der Waals surface area (Å²) in [7, 11) is 0. The Kier molecular flexibility index (Phi) is 2.85. The third-order valence-corrected chi connectivity index (χ3v) is 3.34. The van der Waals surface area contributed by atoms with Crippen molar-refractivity contribution in [1.82, 2.24) is 9.97 Å². The number of nitrogens with one attached hydrogen (secondary N) is 2. The fraction of sp³-hybridized carbons (Fsp3) is 0. The molecule has 2 aromatic heterocycles. The molecule has 2 N–H and O–H groups in total. The number of H-pyrrole nitrogens is 1. The highest BCUT2D eigenvalue weighted by Gasteiger charge is 2.10. The highest BCUT2D eigenvalue weighted by Crippen LogP contribution is 2.13. The van der Waals surface area contributed by atoms with Crippen LogP contribution in [0.5, 0.6) is 0 Å². The first kappa shape index (κ1) is 11.6. The van der Waals surface area contributed by atoms with Crippen LogP contribution in [0.1, 0.15) is 10.5 Å². The first-order valence-electron chi connectivity index (χ1n) is 5.57. The number of anilines is 1. The van der Waals surface area contributed by atoms with E-state index in [1.165, 1.54) is 11.3 Å². The van der Waals surface area contributed by atoms with E-state index in [2.05, 4.69) is 15.3 Å². The second-order valence-corrected chi connectivity index (χ2v) is 4.79. The smallest absolute Gasteiger partial charge is 0.273 e. The van der Waals surface area contributed by atoms with Gasteiger partial charge in [0.15, 0.2) is 5.13 Å². The third-order valence-electron chi connectivity index (χ3n) is 2.65. The highest BCUT2D eigenvalue weighted by atomic mass is 32.1. The zero-order valence-electron chi connectivity index (χ0n) is 9.71. The number of hydrogen-bond acceptors (Lipinski definition) is 4. The number of pyridine rings is 1. The van der Waals surface area contributed by atoms with Crippen molar-refractivity contribution in [3.63, 3.8) is 0 Å². The third kappa shape index (κ3) is 2.25. The number of aromatic nitrogens is 2. The van der Waals surface area contributed by atoms with E-state index in [0.717, 1.165) is 5.39 Å². The van der Waals surface area contributed by atoms with Crippen LogP contribution in [0.4, 0.5) is 5.13 Å². The van der Waals surface area contributed by atoms with Gasteiger partial charge in [0.25, 0.3) is 11.5 Å². The number of aromatic amines is 1. The van der Waals surface area contributed by atoms with E-state index >= 15 is 0 Å². The summed E-state index contributed by atoms with van der Waals surface area (Å²) >= 11 is 1.32. The molecule has 3 rings (SSSR count). The number of nitrogens with zero attached hydrogens (tertiary/aromatic N) is 1. The van der Waals surface area contributed by atoms with E-state index in [0.29, 0.717) is 10.5 Å². The molecule has 0 aliphatic rings. The molecule has 94 valence electrons. The maximum Gasteiger partial charge on any atom is 0.273 e. The zero-order chi connectivity index (χ0) is 13.2.